The van der Waals surface area contributed by atoms with Crippen LogP contribution in [0.5, 0.6) is 0 Å². The van der Waals surface area contributed by atoms with Gasteiger partial charge in [0.1, 0.15) is 0 Å². The third-order valence-electron chi connectivity index (χ3n) is 6.33. The molecule has 1 N–H and O–H groups in total. The van der Waals surface area contributed by atoms with Crippen molar-refractivity contribution >= 4 is 67.8 Å². The summed E-state index contributed by atoms with van der Waals surface area (Å²) < 4.78 is 0.991. The molecule has 2 aliphatic heterocycles. The van der Waals surface area contributed by atoms with Crippen LogP contribution < -0.4 is 5.32 Å². The van der Waals surface area contributed by atoms with E-state index in [9.17, 15) is 9.59 Å². The summed E-state index contributed by atoms with van der Waals surface area (Å²) in [5.74, 6) is 0.148. The highest BCUT2D eigenvalue weighted by Gasteiger charge is 2.32. The van der Waals surface area contributed by atoms with Crippen LogP contribution in [0.15, 0.2) is 59.7 Å². The molecule has 180 valence electrons. The molecule has 2 amide bonds. The first kappa shape index (κ1) is 23.9. The highest BCUT2D eigenvalue weighted by molar-refractivity contribution is 7.20. The summed E-state index contributed by atoms with van der Waals surface area (Å²) >= 11 is 13.9. The van der Waals surface area contributed by atoms with Crippen LogP contribution in [-0.2, 0) is 4.79 Å². The lowest BCUT2D eigenvalue weighted by atomic mass is 10.0. The number of rotatable bonds is 3. The van der Waals surface area contributed by atoms with Crippen molar-refractivity contribution in [3.63, 3.8) is 0 Å². The van der Waals surface area contributed by atoms with Crippen molar-refractivity contribution in [3.8, 4) is 0 Å². The Morgan fingerprint density at radius 2 is 1.91 bits per heavy atom. The second-order valence-electron chi connectivity index (χ2n) is 8.67. The number of carbonyl (C=O) groups is 2. The van der Waals surface area contributed by atoms with Crippen LogP contribution in [0.1, 0.15) is 28.6 Å². The van der Waals surface area contributed by atoms with Crippen LogP contribution in [0.25, 0.3) is 15.7 Å². The fraction of sp³-hybridized carbons (Fsp3) is 0.269. The minimum absolute atomic E-state index is 0.0269. The van der Waals surface area contributed by atoms with Crippen molar-refractivity contribution in [2.45, 2.75) is 19.4 Å². The third kappa shape index (κ3) is 4.94. The van der Waals surface area contributed by atoms with Gasteiger partial charge >= 0.3 is 0 Å². The number of amides is 2. The maximum absolute atomic E-state index is 13.2. The van der Waals surface area contributed by atoms with Gasteiger partial charge in [0.25, 0.3) is 11.8 Å². The molecule has 2 aliphatic rings. The molecule has 0 spiro atoms. The van der Waals surface area contributed by atoms with Gasteiger partial charge in [0.2, 0.25) is 0 Å². The van der Waals surface area contributed by atoms with E-state index in [1.807, 2.05) is 66.6 Å². The number of nitrogens with zero attached hydrogens (tertiary/aromatic N) is 3. The molecular weight excluding hydrogens is 503 g/mol. The second kappa shape index (κ2) is 10.0. The fourth-order valence-corrected chi connectivity index (χ4v) is 5.99. The first-order chi connectivity index (χ1) is 16.9. The zero-order chi connectivity index (χ0) is 24.5. The number of piperazine rings is 1. The first-order valence-electron chi connectivity index (χ1n) is 11.4. The first-order valence-corrected chi connectivity index (χ1v) is 13.0. The van der Waals surface area contributed by atoms with Crippen LogP contribution >= 0.6 is 34.5 Å². The standard InChI is InChI=1S/C26H24Cl2N4O2S/c1-16-15-31(10-11-32(16)25(33)23-13-20-21(28)6-3-7-22(20)35-23)26(34)24-29-9-8-18(14-30-24)17-4-2-5-19(27)12-17/h2-7,12-14,16H,8-11,15H2,1H3,(H,29,30). The summed E-state index contributed by atoms with van der Waals surface area (Å²) in [6.45, 7) is 3.84. The number of halogens is 2. The van der Waals surface area contributed by atoms with E-state index in [4.69, 9.17) is 23.2 Å². The number of carbonyl (C=O) groups excluding carboxylic acids is 2. The Hall–Kier alpha value is -2.87. The van der Waals surface area contributed by atoms with Crippen LogP contribution in [0.2, 0.25) is 10.0 Å². The Morgan fingerprint density at radius 3 is 2.69 bits per heavy atom. The van der Waals surface area contributed by atoms with Crippen LogP contribution in [0.4, 0.5) is 0 Å². The fourth-order valence-electron chi connectivity index (χ4n) is 4.47. The third-order valence-corrected chi connectivity index (χ3v) is 7.98. The van der Waals surface area contributed by atoms with E-state index >= 15 is 0 Å². The van der Waals surface area contributed by atoms with Crippen molar-refractivity contribution in [2.75, 3.05) is 26.2 Å². The zero-order valence-corrected chi connectivity index (χ0v) is 21.5. The van der Waals surface area contributed by atoms with Crippen LogP contribution in [-0.4, -0.2) is 59.7 Å². The van der Waals surface area contributed by atoms with Gasteiger partial charge in [-0.25, -0.2) is 0 Å². The molecule has 9 heteroatoms. The average Bonchev–Trinajstić information content (AvgIpc) is 3.15. The number of thiophene rings is 1. The quantitative estimate of drug-likeness (QED) is 0.502. The molecule has 3 aromatic rings. The second-order valence-corrected chi connectivity index (χ2v) is 10.6. The number of hydrogen-bond acceptors (Lipinski definition) is 5. The summed E-state index contributed by atoms with van der Waals surface area (Å²) in [6, 6.07) is 15.1. The van der Waals surface area contributed by atoms with Crippen molar-refractivity contribution in [1.82, 2.24) is 15.1 Å². The molecular formula is C26H24Cl2N4O2S. The van der Waals surface area contributed by atoms with Gasteiger partial charge in [-0.15, -0.1) is 11.3 Å². The molecule has 0 radical (unpaired) electrons. The molecule has 0 bridgehead atoms. The Balaban J connectivity index is 1.25. The smallest absolute Gasteiger partial charge is 0.289 e. The molecule has 1 unspecified atom stereocenters. The van der Waals surface area contributed by atoms with Crippen molar-refractivity contribution in [1.29, 1.82) is 0 Å². The number of benzene rings is 2. The Bertz CT molecular complexity index is 1370. The van der Waals surface area contributed by atoms with Crippen molar-refractivity contribution < 1.29 is 9.59 Å². The normalized spacial score (nSPS) is 18.5. The average molecular weight is 527 g/mol. The lowest BCUT2D eigenvalue weighted by Gasteiger charge is -2.39. The number of amidine groups is 1. The van der Waals surface area contributed by atoms with E-state index in [0.717, 1.165) is 21.2 Å². The summed E-state index contributed by atoms with van der Waals surface area (Å²) in [6.07, 6.45) is 2.55. The van der Waals surface area contributed by atoms with Gasteiger partial charge in [0.05, 0.1) is 4.88 Å². The van der Waals surface area contributed by atoms with E-state index in [0.29, 0.717) is 53.4 Å². The van der Waals surface area contributed by atoms with E-state index in [1.54, 1.807) is 4.90 Å². The highest BCUT2D eigenvalue weighted by Crippen LogP contribution is 2.32. The van der Waals surface area contributed by atoms with E-state index in [-0.39, 0.29) is 17.9 Å². The van der Waals surface area contributed by atoms with Gasteiger partial charge in [0, 0.05) is 58.6 Å². The molecule has 3 heterocycles. The Kier molecular flexibility index (Phi) is 6.82. The molecule has 35 heavy (non-hydrogen) atoms. The molecule has 1 atom stereocenters. The largest absolute Gasteiger partial charge is 0.342 e. The summed E-state index contributed by atoms with van der Waals surface area (Å²) in [5, 5.41) is 5.31. The summed E-state index contributed by atoms with van der Waals surface area (Å²) in [7, 11) is 0. The van der Waals surface area contributed by atoms with Crippen molar-refractivity contribution in [3.05, 3.63) is 75.2 Å². The monoisotopic (exact) mass is 526 g/mol. The van der Waals surface area contributed by atoms with Crippen LogP contribution in [0, 0.1) is 0 Å². The van der Waals surface area contributed by atoms with Gasteiger partial charge in [-0.1, -0.05) is 41.4 Å². The predicted molar refractivity (Wildman–Crippen MR) is 143 cm³/mol. The van der Waals surface area contributed by atoms with Crippen LogP contribution in [0.3, 0.4) is 0 Å². The minimum atomic E-state index is -0.152. The predicted octanol–water partition coefficient (Wildman–Crippen LogP) is 5.31. The number of aliphatic imine (C=N–C) groups is 1. The van der Waals surface area contributed by atoms with Gasteiger partial charge in [-0.2, -0.15) is 0 Å². The topological polar surface area (TPSA) is 65.0 Å². The Labute approximate surface area is 217 Å². The molecule has 2 aromatic carbocycles. The molecule has 6 nitrogen and oxygen atoms in total. The zero-order valence-electron chi connectivity index (χ0n) is 19.1. The van der Waals surface area contributed by atoms with Gasteiger partial charge in [-0.05, 0) is 54.8 Å². The summed E-state index contributed by atoms with van der Waals surface area (Å²) in [5.41, 5.74) is 2.06. The van der Waals surface area contributed by atoms with Gasteiger partial charge in [-0.3, -0.25) is 14.6 Å². The van der Waals surface area contributed by atoms with Gasteiger partial charge in [0.15, 0.2) is 5.84 Å². The van der Waals surface area contributed by atoms with E-state index in [1.165, 1.54) is 11.3 Å². The van der Waals surface area contributed by atoms with E-state index < -0.39 is 0 Å². The molecule has 1 aromatic heterocycles. The number of fused-ring (bicyclic) bond motifs is 1. The lowest BCUT2D eigenvalue weighted by molar-refractivity contribution is -0.126. The lowest BCUT2D eigenvalue weighted by Crippen LogP contribution is -2.57. The maximum atomic E-state index is 13.2. The number of nitrogens with one attached hydrogen (secondary N) is 1. The van der Waals surface area contributed by atoms with E-state index in [2.05, 4.69) is 10.3 Å². The SMILES string of the molecule is CC1CN(C(=O)C2=NCCC(c3cccc(Cl)c3)=CN2)CCN1C(=O)c1cc2c(Cl)cccc2s1. The molecule has 5 rings (SSSR count). The highest BCUT2D eigenvalue weighted by atomic mass is 35.5. The molecule has 1 saturated heterocycles. The minimum Gasteiger partial charge on any atom is -0.342 e. The molecule has 0 aliphatic carbocycles. The Morgan fingerprint density at radius 1 is 1.09 bits per heavy atom. The summed E-state index contributed by atoms with van der Waals surface area (Å²) in [4.78, 5) is 35.2. The molecule has 1 fully saturated rings. The van der Waals surface area contributed by atoms with Crippen molar-refractivity contribution in [2.24, 2.45) is 4.99 Å². The van der Waals surface area contributed by atoms with Gasteiger partial charge < -0.3 is 15.1 Å². The molecule has 0 saturated carbocycles. The number of hydrogen-bond donors (Lipinski definition) is 1. The maximum Gasteiger partial charge on any atom is 0.289 e.